The monoisotopic (exact) mass is 664 g/mol. The molecule has 1 saturated heterocycles. The number of carbonyl (C=O) groups is 1. The molecule has 4 N–H and O–H groups in total. The first-order chi connectivity index (χ1) is 20.6. The van der Waals surface area contributed by atoms with Gasteiger partial charge in [0.2, 0.25) is 0 Å². The molecule has 2 unspecified atom stereocenters. The number of alkyl halides is 3. The van der Waals surface area contributed by atoms with Gasteiger partial charge in [-0.15, -0.1) is 0 Å². The molecule has 43 heavy (non-hydrogen) atoms. The maximum absolute atomic E-state index is 13.7. The molecule has 0 bridgehead atoms. The molecule has 0 radical (unpaired) electrons. The number of halogens is 3. The first-order valence-electron chi connectivity index (χ1n) is 14.1. The van der Waals surface area contributed by atoms with Crippen LogP contribution in [-0.4, -0.2) is 87.1 Å². The third-order valence-corrected chi connectivity index (χ3v) is 9.32. The Labute approximate surface area is 254 Å². The zero-order valence-corrected chi connectivity index (χ0v) is 25.9. The van der Waals surface area contributed by atoms with Crippen molar-refractivity contribution in [2.45, 2.75) is 55.3 Å². The minimum absolute atomic E-state index is 0.0950. The second kappa shape index (κ2) is 13.1. The van der Waals surface area contributed by atoms with Crippen LogP contribution in [0.4, 0.5) is 24.7 Å². The van der Waals surface area contributed by atoms with Crippen LogP contribution in [0.1, 0.15) is 48.7 Å². The van der Waals surface area contributed by atoms with Crippen molar-refractivity contribution in [2.75, 3.05) is 44.5 Å². The molecule has 2 aliphatic rings. The predicted molar refractivity (Wildman–Crippen MR) is 160 cm³/mol. The number of ether oxygens (including phenoxy) is 2. The van der Waals surface area contributed by atoms with Crippen molar-refractivity contribution in [2.24, 2.45) is 0 Å². The van der Waals surface area contributed by atoms with E-state index in [0.29, 0.717) is 47.6 Å². The van der Waals surface area contributed by atoms with Crippen molar-refractivity contribution < 1.29 is 27.4 Å². The van der Waals surface area contributed by atoms with Gasteiger partial charge in [-0.2, -0.15) is 0 Å². The van der Waals surface area contributed by atoms with Gasteiger partial charge in [0.25, 0.3) is 0 Å². The van der Waals surface area contributed by atoms with Crippen molar-refractivity contribution in [3.05, 3.63) is 47.7 Å². The van der Waals surface area contributed by atoms with Crippen LogP contribution in [-0.2, 0) is 4.74 Å². The Morgan fingerprint density at radius 3 is 2.72 bits per heavy atom. The molecule has 1 aromatic carbocycles. The summed E-state index contributed by atoms with van der Waals surface area (Å²) in [7, 11) is 3.46. The van der Waals surface area contributed by atoms with E-state index in [0.717, 1.165) is 25.7 Å². The van der Waals surface area contributed by atoms with Crippen LogP contribution >= 0.6 is 0 Å². The number of methoxy groups -OCH3 is 1. The van der Waals surface area contributed by atoms with E-state index in [1.165, 1.54) is 7.11 Å². The summed E-state index contributed by atoms with van der Waals surface area (Å²) in [6.45, 7) is 2.91. The first kappa shape index (κ1) is 31.0. The van der Waals surface area contributed by atoms with E-state index >= 15 is 0 Å². The van der Waals surface area contributed by atoms with Gasteiger partial charge in [0.1, 0.15) is 0 Å². The van der Waals surface area contributed by atoms with Crippen molar-refractivity contribution >= 4 is 42.3 Å². The van der Waals surface area contributed by atoms with Crippen molar-refractivity contribution in [3.63, 3.8) is 0 Å². The summed E-state index contributed by atoms with van der Waals surface area (Å²) in [6.07, 6.45) is 4.07. The predicted octanol–water partition coefficient (Wildman–Crippen LogP) is 3.12. The number of anilines is 2. The van der Waals surface area contributed by atoms with Gasteiger partial charge in [0.15, 0.2) is 0 Å². The first-order valence-corrected chi connectivity index (χ1v) is 15.8. The number of hydrogen-bond donors (Lipinski definition) is 4. The Morgan fingerprint density at radius 1 is 1.23 bits per heavy atom. The van der Waals surface area contributed by atoms with Gasteiger partial charge in [0, 0.05) is 0 Å². The van der Waals surface area contributed by atoms with E-state index in [1.807, 2.05) is 20.0 Å². The van der Waals surface area contributed by atoms with Gasteiger partial charge in [-0.05, 0) is 6.92 Å². The van der Waals surface area contributed by atoms with E-state index in [9.17, 15) is 18.0 Å². The van der Waals surface area contributed by atoms with E-state index in [1.54, 1.807) is 34.8 Å². The molecular formula is C30H35F3N6O3Se. The number of nitrogens with zero attached hydrogens (tertiary/aromatic N) is 2. The number of fused-ring (bicyclic) bond motifs is 1. The summed E-state index contributed by atoms with van der Waals surface area (Å²) in [5, 5.41) is 13.1. The summed E-state index contributed by atoms with van der Waals surface area (Å²) < 4.78 is 53.2. The Bertz CT molecular complexity index is 1530. The molecular weight excluding hydrogens is 628 g/mol. The molecule has 1 aliphatic heterocycles. The topological polar surface area (TPSA) is 101 Å². The Balaban J connectivity index is 1.36. The van der Waals surface area contributed by atoms with Gasteiger partial charge in [-0.3, -0.25) is 0 Å². The number of nitrogens with one attached hydrogen (secondary N) is 4. The Kier molecular flexibility index (Phi) is 9.42. The minimum atomic E-state index is -4.37. The molecule has 2 fully saturated rings. The van der Waals surface area contributed by atoms with E-state index in [2.05, 4.69) is 38.2 Å². The third kappa shape index (κ3) is 7.57. The summed E-state index contributed by atoms with van der Waals surface area (Å²) in [6, 6.07) is 10.8. The van der Waals surface area contributed by atoms with Gasteiger partial charge < -0.3 is 4.74 Å². The van der Waals surface area contributed by atoms with Crippen molar-refractivity contribution in [1.29, 1.82) is 0 Å². The van der Waals surface area contributed by atoms with Crippen LogP contribution in [0.25, 0.3) is 5.52 Å². The molecule has 13 heteroatoms. The molecule has 3 heterocycles. The number of aromatic nitrogens is 2. The summed E-state index contributed by atoms with van der Waals surface area (Å²) in [5.74, 6) is 6.68. The van der Waals surface area contributed by atoms with Crippen LogP contribution in [0.2, 0.25) is 0 Å². The molecule has 230 valence electrons. The van der Waals surface area contributed by atoms with Crippen LogP contribution in [0.3, 0.4) is 0 Å². The van der Waals surface area contributed by atoms with Crippen LogP contribution in [0.15, 0.2) is 36.4 Å². The van der Waals surface area contributed by atoms with Crippen LogP contribution < -0.4 is 30.5 Å². The fourth-order valence-corrected chi connectivity index (χ4v) is 6.75. The number of hydrogen-bond acceptors (Lipinski definition) is 7. The molecule has 5 rings (SSSR count). The zero-order valence-electron chi connectivity index (χ0n) is 24.2. The fourth-order valence-electron chi connectivity index (χ4n) is 5.33. The quantitative estimate of drug-likeness (QED) is 0.206. The number of rotatable bonds is 9. The summed E-state index contributed by atoms with van der Waals surface area (Å²) >= 11 is -1.83. The molecule has 3 aromatic rings. The number of pyridine rings is 1. The van der Waals surface area contributed by atoms with Gasteiger partial charge in [-0.1, -0.05) is 0 Å². The Morgan fingerprint density at radius 2 is 2.02 bits per heavy atom. The average Bonchev–Trinajstić information content (AvgIpc) is 3.31. The third-order valence-electron chi connectivity index (χ3n) is 7.56. The van der Waals surface area contributed by atoms with Gasteiger partial charge in [-0.25, -0.2) is 0 Å². The van der Waals surface area contributed by atoms with E-state index < -0.39 is 25.6 Å². The molecule has 9 nitrogen and oxygen atoms in total. The van der Waals surface area contributed by atoms with Gasteiger partial charge in [0.05, 0.1) is 13.2 Å². The fraction of sp³-hybridized carbons (Fsp3) is 0.467. The second-order valence-electron chi connectivity index (χ2n) is 11.0. The second-order valence-corrected chi connectivity index (χ2v) is 13.3. The maximum atomic E-state index is 13.7. The molecule has 2 aromatic heterocycles. The van der Waals surface area contributed by atoms with E-state index in [-0.39, 0.29) is 28.6 Å². The average molecular weight is 664 g/mol. The van der Waals surface area contributed by atoms with Crippen molar-refractivity contribution in [1.82, 2.24) is 20.2 Å². The molecule has 0 spiro atoms. The zero-order chi connectivity index (χ0) is 30.6. The number of carbonyl (C=O) groups excluding carboxylic acids is 1. The van der Waals surface area contributed by atoms with Crippen LogP contribution in [0.5, 0.6) is 5.75 Å². The number of amides is 1. The molecule has 1 saturated carbocycles. The summed E-state index contributed by atoms with van der Waals surface area (Å²) in [4.78, 5) is 12.8. The number of benzene rings is 1. The van der Waals surface area contributed by atoms with Crippen LogP contribution in [0, 0.1) is 11.8 Å². The standard InChI is InChI=1S/C30H35F3N6O3Se/c1-29(17-42-18-29)37-28(40)19-12-13-25(41-3)23(15-19)35-14-6-9-22-27(43-30(31,32)33)24-10-5-11-26(39(24)38-22)36-21-8-4-7-20(16-21)34-2/h5,10-13,15,20-21,34-36H,4,7-8,14,16-18H2,1-3H3,(H,37,40). The molecule has 2 atom stereocenters. The normalized spacial score (nSPS) is 19.6. The summed E-state index contributed by atoms with van der Waals surface area (Å²) in [5.41, 5.74) is 1.06. The van der Waals surface area contributed by atoms with Gasteiger partial charge >= 0.3 is 230 Å². The SMILES string of the molecule is CNC1CCCC(Nc2cccc3c([Se]C(F)(F)F)c(C#CCNc4cc(C(=O)NC5(C)COC5)ccc4OC)nn23)C1. The molecule has 1 aliphatic carbocycles. The van der Waals surface area contributed by atoms with Crippen molar-refractivity contribution in [3.8, 4) is 17.6 Å². The Hall–Kier alpha value is -3.43. The van der Waals surface area contributed by atoms with E-state index in [4.69, 9.17) is 9.47 Å². The molecule has 1 amide bonds.